The molecule has 0 fully saturated rings. The van der Waals surface area contributed by atoms with E-state index >= 15 is 0 Å². The number of hydrogen-bond donors (Lipinski definition) is 3. The maximum atomic E-state index is 11.6. The first-order valence-corrected chi connectivity index (χ1v) is 7.14. The summed E-state index contributed by atoms with van der Waals surface area (Å²) in [6, 6.07) is -1.37. The second-order valence-electron chi connectivity index (χ2n) is 5.86. The van der Waals surface area contributed by atoms with Gasteiger partial charge in [0, 0.05) is 19.8 Å². The van der Waals surface area contributed by atoms with Crippen molar-refractivity contribution in [3.63, 3.8) is 0 Å². The fourth-order valence-electron chi connectivity index (χ4n) is 1.56. The van der Waals surface area contributed by atoms with Gasteiger partial charge in [0.2, 0.25) is 0 Å². The number of nitrogens with one attached hydrogen (secondary N) is 2. The van der Waals surface area contributed by atoms with E-state index in [2.05, 4.69) is 17.6 Å². The van der Waals surface area contributed by atoms with Crippen molar-refractivity contribution >= 4 is 12.0 Å². The number of ether oxygens (including phenoxy) is 1. The Labute approximate surface area is 121 Å². The molecule has 0 aromatic carbocycles. The topological polar surface area (TPSA) is 87.7 Å². The zero-order valence-corrected chi connectivity index (χ0v) is 13.0. The molecular formula is C14H28N2O4. The van der Waals surface area contributed by atoms with Gasteiger partial charge in [-0.1, -0.05) is 34.1 Å². The first-order chi connectivity index (χ1) is 9.29. The standard InChI is InChI=1S/C14H28N2O4/c1-5-6-9-20-10-7-8-15-13(19)16-11(12(17)18)14(2,3)4/h11H,5-10H2,1-4H3,(H,17,18)(H2,15,16,19)/t11-/m1/s1. The minimum absolute atomic E-state index is 0.458. The van der Waals surface area contributed by atoms with Gasteiger partial charge in [0.15, 0.2) is 0 Å². The molecular weight excluding hydrogens is 260 g/mol. The lowest BCUT2D eigenvalue weighted by molar-refractivity contribution is -0.141. The second-order valence-corrected chi connectivity index (χ2v) is 5.86. The molecule has 0 aliphatic carbocycles. The molecule has 0 aromatic rings. The summed E-state index contributed by atoms with van der Waals surface area (Å²) in [7, 11) is 0. The SMILES string of the molecule is CCCCOCCCNC(=O)N[C@H](C(=O)O)C(C)(C)C. The van der Waals surface area contributed by atoms with Crippen LogP contribution in [0.15, 0.2) is 0 Å². The van der Waals surface area contributed by atoms with Gasteiger partial charge < -0.3 is 20.5 Å². The predicted molar refractivity (Wildman–Crippen MR) is 77.8 cm³/mol. The van der Waals surface area contributed by atoms with Crippen molar-refractivity contribution in [3.8, 4) is 0 Å². The molecule has 0 aliphatic heterocycles. The van der Waals surface area contributed by atoms with Crippen LogP contribution in [0.2, 0.25) is 0 Å². The lowest BCUT2D eigenvalue weighted by Gasteiger charge is -2.27. The number of carbonyl (C=O) groups is 2. The van der Waals surface area contributed by atoms with Crippen LogP contribution < -0.4 is 10.6 Å². The summed E-state index contributed by atoms with van der Waals surface area (Å²) in [6.45, 7) is 9.22. The fourth-order valence-corrected chi connectivity index (χ4v) is 1.56. The summed E-state index contributed by atoms with van der Waals surface area (Å²) in [5.74, 6) is -1.03. The Morgan fingerprint density at radius 1 is 1.20 bits per heavy atom. The molecule has 0 aliphatic rings. The second kappa shape index (κ2) is 9.58. The number of carbonyl (C=O) groups excluding carboxylic acids is 1. The van der Waals surface area contributed by atoms with Crippen LogP contribution in [-0.2, 0) is 9.53 Å². The van der Waals surface area contributed by atoms with Crippen molar-refractivity contribution in [3.05, 3.63) is 0 Å². The Morgan fingerprint density at radius 2 is 1.80 bits per heavy atom. The van der Waals surface area contributed by atoms with E-state index in [-0.39, 0.29) is 0 Å². The molecule has 1 atom stereocenters. The average Bonchev–Trinajstić information content (AvgIpc) is 2.33. The van der Waals surface area contributed by atoms with Gasteiger partial charge in [-0.05, 0) is 18.3 Å². The molecule has 0 rings (SSSR count). The van der Waals surface area contributed by atoms with E-state index in [1.165, 1.54) is 0 Å². The van der Waals surface area contributed by atoms with Crippen LogP contribution in [0.5, 0.6) is 0 Å². The minimum Gasteiger partial charge on any atom is -0.480 e. The van der Waals surface area contributed by atoms with E-state index < -0.39 is 23.5 Å². The summed E-state index contributed by atoms with van der Waals surface area (Å²) in [5, 5.41) is 14.2. The smallest absolute Gasteiger partial charge is 0.326 e. The highest BCUT2D eigenvalue weighted by Crippen LogP contribution is 2.19. The fraction of sp³-hybridized carbons (Fsp3) is 0.857. The zero-order chi connectivity index (χ0) is 15.6. The number of rotatable bonds is 9. The molecule has 118 valence electrons. The Kier molecular flexibility index (Phi) is 8.96. The number of urea groups is 1. The van der Waals surface area contributed by atoms with Gasteiger partial charge >= 0.3 is 12.0 Å². The molecule has 0 aromatic heterocycles. The van der Waals surface area contributed by atoms with Crippen molar-refractivity contribution in [2.45, 2.75) is 53.0 Å². The summed E-state index contributed by atoms with van der Waals surface area (Å²) in [6.07, 6.45) is 2.86. The molecule has 0 heterocycles. The number of carboxylic acid groups (broad SMARTS) is 1. The van der Waals surface area contributed by atoms with Crippen molar-refractivity contribution in [1.29, 1.82) is 0 Å². The van der Waals surface area contributed by atoms with E-state index in [0.717, 1.165) is 19.4 Å². The van der Waals surface area contributed by atoms with Gasteiger partial charge in [-0.25, -0.2) is 9.59 Å². The molecule has 3 N–H and O–H groups in total. The number of carboxylic acids is 1. The molecule has 0 radical (unpaired) electrons. The highest BCUT2D eigenvalue weighted by molar-refractivity contribution is 5.83. The zero-order valence-electron chi connectivity index (χ0n) is 13.0. The quantitative estimate of drug-likeness (QED) is 0.566. The number of unbranched alkanes of at least 4 members (excludes halogenated alkanes) is 1. The maximum Gasteiger partial charge on any atom is 0.326 e. The highest BCUT2D eigenvalue weighted by Gasteiger charge is 2.32. The van der Waals surface area contributed by atoms with Crippen molar-refractivity contribution in [2.75, 3.05) is 19.8 Å². The van der Waals surface area contributed by atoms with Crippen LogP contribution in [0.3, 0.4) is 0 Å². The van der Waals surface area contributed by atoms with E-state index in [4.69, 9.17) is 9.84 Å². The van der Waals surface area contributed by atoms with Crippen LogP contribution in [-0.4, -0.2) is 42.9 Å². The highest BCUT2D eigenvalue weighted by atomic mass is 16.5. The Hall–Kier alpha value is -1.30. The Bertz CT molecular complexity index is 300. The molecule has 6 nitrogen and oxygen atoms in total. The molecule has 0 unspecified atom stereocenters. The lowest BCUT2D eigenvalue weighted by atomic mass is 9.87. The summed E-state index contributed by atoms with van der Waals surface area (Å²) in [5.41, 5.74) is -0.535. The predicted octanol–water partition coefficient (Wildman–Crippen LogP) is 1.99. The molecule has 0 spiro atoms. The summed E-state index contributed by atoms with van der Waals surface area (Å²) in [4.78, 5) is 22.7. The maximum absolute atomic E-state index is 11.6. The summed E-state index contributed by atoms with van der Waals surface area (Å²) < 4.78 is 5.36. The van der Waals surface area contributed by atoms with Crippen molar-refractivity contribution in [2.24, 2.45) is 5.41 Å². The van der Waals surface area contributed by atoms with E-state index in [1.54, 1.807) is 20.8 Å². The molecule has 20 heavy (non-hydrogen) atoms. The van der Waals surface area contributed by atoms with Crippen LogP contribution in [0.1, 0.15) is 47.0 Å². The number of aliphatic carboxylic acids is 1. The molecule has 2 amide bonds. The van der Waals surface area contributed by atoms with E-state index in [9.17, 15) is 9.59 Å². The van der Waals surface area contributed by atoms with E-state index in [0.29, 0.717) is 19.6 Å². The van der Waals surface area contributed by atoms with Gasteiger partial charge in [-0.15, -0.1) is 0 Å². The van der Waals surface area contributed by atoms with Crippen molar-refractivity contribution < 1.29 is 19.4 Å². The third-order valence-electron chi connectivity index (χ3n) is 2.78. The molecule has 0 saturated heterocycles. The van der Waals surface area contributed by atoms with Gasteiger partial charge in [-0.2, -0.15) is 0 Å². The van der Waals surface area contributed by atoms with Crippen LogP contribution >= 0.6 is 0 Å². The van der Waals surface area contributed by atoms with Gasteiger partial charge in [-0.3, -0.25) is 0 Å². The normalized spacial score (nSPS) is 12.8. The summed E-state index contributed by atoms with van der Waals surface area (Å²) >= 11 is 0. The number of amides is 2. The molecule has 0 saturated carbocycles. The molecule has 0 bridgehead atoms. The first-order valence-electron chi connectivity index (χ1n) is 7.14. The number of hydrogen-bond acceptors (Lipinski definition) is 3. The van der Waals surface area contributed by atoms with E-state index in [1.807, 2.05) is 0 Å². The Balaban J connectivity index is 3.84. The average molecular weight is 288 g/mol. The minimum atomic E-state index is -1.03. The van der Waals surface area contributed by atoms with Gasteiger partial charge in [0.05, 0.1) is 0 Å². The first kappa shape index (κ1) is 18.7. The van der Waals surface area contributed by atoms with Crippen LogP contribution in [0.25, 0.3) is 0 Å². The van der Waals surface area contributed by atoms with Gasteiger partial charge in [0.1, 0.15) is 6.04 Å². The lowest BCUT2D eigenvalue weighted by Crippen LogP contribution is -2.52. The van der Waals surface area contributed by atoms with Crippen LogP contribution in [0.4, 0.5) is 4.79 Å². The Morgan fingerprint density at radius 3 is 2.30 bits per heavy atom. The van der Waals surface area contributed by atoms with Crippen LogP contribution in [0, 0.1) is 5.41 Å². The third kappa shape index (κ3) is 8.74. The van der Waals surface area contributed by atoms with Crippen molar-refractivity contribution in [1.82, 2.24) is 10.6 Å². The largest absolute Gasteiger partial charge is 0.480 e. The monoisotopic (exact) mass is 288 g/mol. The van der Waals surface area contributed by atoms with Gasteiger partial charge in [0.25, 0.3) is 0 Å². The molecule has 6 heteroatoms. The third-order valence-corrected chi connectivity index (χ3v) is 2.78.